The number of rotatable bonds is 5. The maximum absolute atomic E-state index is 5.81. The summed E-state index contributed by atoms with van der Waals surface area (Å²) >= 11 is 0. The zero-order chi connectivity index (χ0) is 11.3. The third kappa shape index (κ3) is 3.47. The number of nitrogens with two attached hydrogens (primary N) is 1. The Kier molecular flexibility index (Phi) is 4.49. The average Bonchev–Trinajstić information content (AvgIpc) is 2.25. The number of aromatic nitrogens is 2. The minimum atomic E-state index is 0.0701. The molecule has 2 unspecified atom stereocenters. The molecule has 2 atom stereocenters. The van der Waals surface area contributed by atoms with E-state index < -0.39 is 0 Å². The van der Waals surface area contributed by atoms with E-state index >= 15 is 0 Å². The molecule has 1 rings (SSSR count). The summed E-state index contributed by atoms with van der Waals surface area (Å²) in [5.41, 5.74) is 6.70. The fraction of sp³-hybridized carbons (Fsp3) is 0.636. The summed E-state index contributed by atoms with van der Waals surface area (Å²) in [7, 11) is 0. The third-order valence-corrected chi connectivity index (χ3v) is 2.34. The maximum atomic E-state index is 5.81. The lowest BCUT2D eigenvalue weighted by Gasteiger charge is -2.15. The Morgan fingerprint density at radius 1 is 1.40 bits per heavy atom. The van der Waals surface area contributed by atoms with Crippen molar-refractivity contribution in [3.8, 4) is 5.88 Å². The Balaban J connectivity index is 2.73. The van der Waals surface area contributed by atoms with Gasteiger partial charge in [-0.2, -0.15) is 0 Å². The van der Waals surface area contributed by atoms with Crippen LogP contribution >= 0.6 is 0 Å². The second-order valence-corrected chi connectivity index (χ2v) is 3.78. The Morgan fingerprint density at radius 2 is 2.13 bits per heavy atom. The lowest BCUT2D eigenvalue weighted by atomic mass is 10.0. The molecule has 1 aromatic rings. The van der Waals surface area contributed by atoms with Crippen molar-refractivity contribution >= 4 is 0 Å². The summed E-state index contributed by atoms with van der Waals surface area (Å²) in [6, 6.07) is 0.0701. The predicted octanol–water partition coefficient (Wildman–Crippen LogP) is 1.72. The maximum Gasteiger partial charge on any atom is 0.232 e. The van der Waals surface area contributed by atoms with Crippen LogP contribution in [0, 0.1) is 0 Å². The van der Waals surface area contributed by atoms with Crippen molar-refractivity contribution in [2.75, 3.05) is 6.61 Å². The highest BCUT2D eigenvalue weighted by Gasteiger charge is 2.12. The van der Waals surface area contributed by atoms with E-state index in [2.05, 4.69) is 16.9 Å². The fourth-order valence-corrected chi connectivity index (χ4v) is 1.13. The number of ether oxygens (including phenoxy) is 1. The Labute approximate surface area is 90.9 Å². The molecule has 1 heterocycles. The van der Waals surface area contributed by atoms with E-state index in [0.29, 0.717) is 12.5 Å². The number of hydrogen-bond acceptors (Lipinski definition) is 4. The summed E-state index contributed by atoms with van der Waals surface area (Å²) in [4.78, 5) is 8.46. The molecule has 0 aliphatic rings. The van der Waals surface area contributed by atoms with E-state index in [9.17, 15) is 0 Å². The molecule has 4 heteroatoms. The topological polar surface area (TPSA) is 61.0 Å². The van der Waals surface area contributed by atoms with Crippen LogP contribution in [0.5, 0.6) is 5.88 Å². The van der Waals surface area contributed by atoms with Crippen LogP contribution in [0.1, 0.15) is 38.8 Å². The average molecular weight is 209 g/mol. The van der Waals surface area contributed by atoms with Gasteiger partial charge in [0.15, 0.2) is 0 Å². The highest BCUT2D eigenvalue weighted by atomic mass is 16.5. The molecular formula is C11H19N3O. The molecule has 0 spiro atoms. The van der Waals surface area contributed by atoms with E-state index in [-0.39, 0.29) is 12.0 Å². The third-order valence-electron chi connectivity index (χ3n) is 2.34. The van der Waals surface area contributed by atoms with E-state index in [1.165, 1.54) is 0 Å². The molecule has 0 aliphatic carbocycles. The molecule has 0 amide bonds. The molecule has 0 radical (unpaired) electrons. The first-order chi connectivity index (χ1) is 7.15. The van der Waals surface area contributed by atoms with Gasteiger partial charge < -0.3 is 10.5 Å². The van der Waals surface area contributed by atoms with Crippen LogP contribution < -0.4 is 10.5 Å². The smallest absolute Gasteiger partial charge is 0.232 e. The molecule has 4 nitrogen and oxygen atoms in total. The molecule has 84 valence electrons. The van der Waals surface area contributed by atoms with Gasteiger partial charge in [0.1, 0.15) is 0 Å². The molecule has 0 bridgehead atoms. The Hall–Kier alpha value is -1.16. The summed E-state index contributed by atoms with van der Waals surface area (Å²) in [5, 5.41) is 0. The van der Waals surface area contributed by atoms with Gasteiger partial charge in [0.2, 0.25) is 5.88 Å². The van der Waals surface area contributed by atoms with Crippen LogP contribution in [-0.2, 0) is 0 Å². The molecule has 0 aromatic carbocycles. The summed E-state index contributed by atoms with van der Waals surface area (Å²) in [5.74, 6) is 0.782. The quantitative estimate of drug-likeness (QED) is 0.802. The van der Waals surface area contributed by atoms with Crippen LogP contribution in [0.25, 0.3) is 0 Å². The first-order valence-corrected chi connectivity index (χ1v) is 5.35. The first-order valence-electron chi connectivity index (χ1n) is 5.35. The van der Waals surface area contributed by atoms with Crippen molar-refractivity contribution in [2.45, 2.75) is 39.2 Å². The highest BCUT2D eigenvalue weighted by molar-refractivity contribution is 5.12. The van der Waals surface area contributed by atoms with Crippen LogP contribution in [0.15, 0.2) is 12.4 Å². The van der Waals surface area contributed by atoms with E-state index in [1.807, 2.05) is 13.8 Å². The fourth-order valence-electron chi connectivity index (χ4n) is 1.13. The van der Waals surface area contributed by atoms with Crippen molar-refractivity contribution in [3.05, 3.63) is 18.1 Å². The largest absolute Gasteiger partial charge is 0.477 e. The first kappa shape index (κ1) is 11.9. The van der Waals surface area contributed by atoms with Gasteiger partial charge >= 0.3 is 0 Å². The summed E-state index contributed by atoms with van der Waals surface area (Å²) < 4.78 is 5.41. The Morgan fingerprint density at radius 3 is 2.73 bits per heavy atom. The van der Waals surface area contributed by atoms with E-state index in [1.54, 1.807) is 12.4 Å². The zero-order valence-electron chi connectivity index (χ0n) is 9.60. The van der Waals surface area contributed by atoms with Crippen LogP contribution in [0.3, 0.4) is 0 Å². The number of hydrogen-bond donors (Lipinski definition) is 1. The molecule has 0 saturated heterocycles. The highest BCUT2D eigenvalue weighted by Crippen LogP contribution is 2.17. The van der Waals surface area contributed by atoms with Gasteiger partial charge in [0, 0.05) is 18.2 Å². The van der Waals surface area contributed by atoms with Crippen LogP contribution in [0.4, 0.5) is 0 Å². The molecule has 0 aliphatic heterocycles. The molecule has 0 fully saturated rings. The van der Waals surface area contributed by atoms with Gasteiger partial charge in [0.25, 0.3) is 0 Å². The van der Waals surface area contributed by atoms with Gasteiger partial charge in [-0.05, 0) is 13.3 Å². The summed E-state index contributed by atoms with van der Waals surface area (Å²) in [6.45, 7) is 6.73. The van der Waals surface area contributed by atoms with E-state index in [4.69, 9.17) is 10.5 Å². The minimum Gasteiger partial charge on any atom is -0.477 e. The van der Waals surface area contributed by atoms with Gasteiger partial charge in [-0.25, -0.2) is 4.98 Å². The summed E-state index contributed by atoms with van der Waals surface area (Å²) in [6.07, 6.45) is 4.34. The minimum absolute atomic E-state index is 0.0701. The Bertz CT molecular complexity index is 302. The molecule has 2 N–H and O–H groups in total. The van der Waals surface area contributed by atoms with Crippen molar-refractivity contribution < 1.29 is 4.74 Å². The standard InChI is InChI=1S/C11H19N3O/c1-4-5-15-11-7-13-6-10(14-11)8(2)9(3)12/h6-9H,4-5,12H2,1-3H3. The van der Waals surface area contributed by atoms with Crippen molar-refractivity contribution in [3.63, 3.8) is 0 Å². The van der Waals surface area contributed by atoms with Crippen LogP contribution in [0.2, 0.25) is 0 Å². The normalized spacial score (nSPS) is 14.7. The second kappa shape index (κ2) is 5.66. The lowest BCUT2D eigenvalue weighted by Crippen LogP contribution is -2.23. The van der Waals surface area contributed by atoms with Crippen molar-refractivity contribution in [1.29, 1.82) is 0 Å². The van der Waals surface area contributed by atoms with Gasteiger partial charge in [-0.1, -0.05) is 13.8 Å². The van der Waals surface area contributed by atoms with Gasteiger partial charge in [-0.3, -0.25) is 4.98 Å². The second-order valence-electron chi connectivity index (χ2n) is 3.78. The number of nitrogens with zero attached hydrogens (tertiary/aromatic N) is 2. The SMILES string of the molecule is CCCOc1cncc(C(C)C(C)N)n1. The van der Waals surface area contributed by atoms with E-state index in [0.717, 1.165) is 12.1 Å². The van der Waals surface area contributed by atoms with Gasteiger partial charge in [0.05, 0.1) is 18.5 Å². The van der Waals surface area contributed by atoms with Crippen molar-refractivity contribution in [2.24, 2.45) is 5.73 Å². The lowest BCUT2D eigenvalue weighted by molar-refractivity contribution is 0.302. The monoisotopic (exact) mass is 209 g/mol. The zero-order valence-corrected chi connectivity index (χ0v) is 9.60. The molecule has 15 heavy (non-hydrogen) atoms. The van der Waals surface area contributed by atoms with Crippen LogP contribution in [-0.4, -0.2) is 22.6 Å². The molecular weight excluding hydrogens is 190 g/mol. The van der Waals surface area contributed by atoms with Crippen molar-refractivity contribution in [1.82, 2.24) is 9.97 Å². The predicted molar refractivity (Wildman–Crippen MR) is 59.9 cm³/mol. The molecule has 0 saturated carbocycles. The molecule has 1 aromatic heterocycles. The van der Waals surface area contributed by atoms with Gasteiger partial charge in [-0.15, -0.1) is 0 Å².